The summed E-state index contributed by atoms with van der Waals surface area (Å²) in [7, 11) is -4.92. The minimum absolute atomic E-state index is 0.216. The van der Waals surface area contributed by atoms with Crippen LogP contribution in [0.5, 0.6) is 0 Å². The molecule has 0 aliphatic rings. The number of hydrogen-bond acceptors (Lipinski definition) is 2. The molecular weight excluding hydrogens is 190 g/mol. The first kappa shape index (κ1) is 12.1. The second kappa shape index (κ2) is 4.39. The molecule has 5 heteroatoms. The maximum atomic E-state index is 11.3. The average molecular weight is 208 g/mol. The van der Waals surface area contributed by atoms with Gasteiger partial charge in [0.1, 0.15) is 0 Å². The van der Waals surface area contributed by atoms with Crippen molar-refractivity contribution in [1.29, 1.82) is 0 Å². The van der Waals surface area contributed by atoms with Crippen molar-refractivity contribution in [2.75, 3.05) is 5.75 Å². The molecule has 0 aromatic heterocycles. The van der Waals surface area contributed by atoms with Crippen LogP contribution in [0.25, 0.3) is 4.39 Å². The molecule has 0 N–H and O–H groups in total. The van der Waals surface area contributed by atoms with E-state index in [4.69, 9.17) is 0 Å². The van der Waals surface area contributed by atoms with Crippen LogP contribution in [0.3, 0.4) is 0 Å². The summed E-state index contributed by atoms with van der Waals surface area (Å²) < 4.78 is 26.4. The van der Waals surface area contributed by atoms with Crippen molar-refractivity contribution in [3.63, 3.8) is 0 Å². The molecule has 0 atom stereocenters. The van der Waals surface area contributed by atoms with Gasteiger partial charge in [0.05, 0.1) is 10.0 Å². The fourth-order valence-electron chi connectivity index (χ4n) is 0.790. The van der Waals surface area contributed by atoms with Gasteiger partial charge in [0.25, 0.3) is 0 Å². The Labute approximate surface area is 76.7 Å². The summed E-state index contributed by atoms with van der Waals surface area (Å²) >= 11 is 0. The minimum Gasteiger partial charge on any atom is -0.552 e. The van der Waals surface area contributed by atoms with E-state index in [1.165, 1.54) is 0 Å². The zero-order chi connectivity index (χ0) is 9.83. The van der Waals surface area contributed by atoms with Crippen molar-refractivity contribution in [3.05, 3.63) is 4.39 Å². The second-order valence-electron chi connectivity index (χ2n) is 3.90. The quantitative estimate of drug-likeness (QED) is 0.651. The molecule has 0 rings (SSSR count). The molecule has 0 heterocycles. The Balaban J connectivity index is 4.06. The predicted octanol–water partition coefficient (Wildman–Crippen LogP) is 2.32. The molecule has 0 saturated heterocycles. The average Bonchev–Trinajstić information content (AvgIpc) is 1.78. The van der Waals surface area contributed by atoms with Crippen molar-refractivity contribution < 1.29 is 8.42 Å². The van der Waals surface area contributed by atoms with E-state index in [-0.39, 0.29) is 5.75 Å². The summed E-state index contributed by atoms with van der Waals surface area (Å²) in [6.07, 6.45) is 1.62. The summed E-state index contributed by atoms with van der Waals surface area (Å²) in [6.45, 7) is 7.76. The zero-order valence-electron chi connectivity index (χ0n) is 8.29. The van der Waals surface area contributed by atoms with E-state index in [0.717, 1.165) is 12.8 Å². The van der Waals surface area contributed by atoms with Crippen LogP contribution in [0.2, 0.25) is 19.6 Å². The number of sulfonamides is 1. The fraction of sp³-hybridized carbons (Fsp3) is 1.00. The zero-order valence-corrected chi connectivity index (χ0v) is 10.1. The molecule has 0 unspecified atom stereocenters. The van der Waals surface area contributed by atoms with Crippen LogP contribution in [0.15, 0.2) is 0 Å². The van der Waals surface area contributed by atoms with Gasteiger partial charge in [-0.05, 0) is 6.42 Å². The molecule has 0 radical (unpaired) electrons. The van der Waals surface area contributed by atoms with Gasteiger partial charge in [0, 0.05) is 5.75 Å². The number of hydrogen-bond donors (Lipinski definition) is 0. The molecule has 0 aliphatic heterocycles. The van der Waals surface area contributed by atoms with Crippen LogP contribution in [-0.4, -0.2) is 22.4 Å². The highest BCUT2D eigenvalue weighted by atomic mass is 32.2. The van der Waals surface area contributed by atoms with Crippen molar-refractivity contribution in [1.82, 2.24) is 0 Å². The van der Waals surface area contributed by atoms with Gasteiger partial charge in [-0.2, -0.15) is 0 Å². The predicted molar refractivity (Wildman–Crippen MR) is 55.4 cm³/mol. The molecule has 0 aliphatic carbocycles. The molecule has 0 aromatic rings. The molecular formula is C7H18NO2SSi-. The lowest BCUT2D eigenvalue weighted by Gasteiger charge is -2.34. The molecule has 3 nitrogen and oxygen atoms in total. The molecule has 0 bridgehead atoms. The Morgan fingerprint density at radius 3 is 2.08 bits per heavy atom. The topological polar surface area (TPSA) is 48.2 Å². The molecule has 0 saturated carbocycles. The molecule has 74 valence electrons. The van der Waals surface area contributed by atoms with Crippen molar-refractivity contribution in [2.24, 2.45) is 0 Å². The maximum absolute atomic E-state index is 11.3. The van der Waals surface area contributed by atoms with Gasteiger partial charge in [0.2, 0.25) is 0 Å². The Morgan fingerprint density at radius 2 is 1.75 bits per heavy atom. The van der Waals surface area contributed by atoms with Crippen molar-refractivity contribution in [3.8, 4) is 0 Å². The van der Waals surface area contributed by atoms with Gasteiger partial charge in [-0.25, -0.2) is 8.42 Å². The number of unbranched alkanes of at least 4 members (excludes halogenated alkanes) is 1. The first-order valence-electron chi connectivity index (χ1n) is 4.24. The highest BCUT2D eigenvalue weighted by Crippen LogP contribution is 2.17. The summed E-state index contributed by atoms with van der Waals surface area (Å²) in [5.41, 5.74) is 0. The summed E-state index contributed by atoms with van der Waals surface area (Å²) in [6, 6.07) is 0. The lowest BCUT2D eigenvalue weighted by atomic mass is 10.4. The van der Waals surface area contributed by atoms with Crippen LogP contribution in [0.1, 0.15) is 19.8 Å². The third-order valence-corrected chi connectivity index (χ3v) is 5.28. The molecule has 0 aromatic carbocycles. The van der Waals surface area contributed by atoms with E-state index in [1.807, 2.05) is 26.6 Å². The van der Waals surface area contributed by atoms with E-state index < -0.39 is 18.3 Å². The second-order valence-corrected chi connectivity index (χ2v) is 10.5. The summed E-state index contributed by atoms with van der Waals surface area (Å²) in [5, 5.41) is 0. The van der Waals surface area contributed by atoms with E-state index in [9.17, 15) is 8.42 Å². The Morgan fingerprint density at radius 1 is 1.25 bits per heavy atom. The third kappa shape index (κ3) is 6.81. The highest BCUT2D eigenvalue weighted by Gasteiger charge is 2.07. The molecule has 12 heavy (non-hydrogen) atoms. The van der Waals surface area contributed by atoms with Crippen LogP contribution < -0.4 is 0 Å². The number of rotatable bonds is 5. The van der Waals surface area contributed by atoms with Gasteiger partial charge in [-0.1, -0.05) is 41.2 Å². The standard InChI is InChI=1S/C7H18NO2SSi/c1-5-6-7-11(9,10)8-12(2,3)4/h5-7H2,1-4H3/q-1. The first-order chi connectivity index (χ1) is 5.27. The summed E-state index contributed by atoms with van der Waals surface area (Å²) in [5.74, 6) is 0.216. The van der Waals surface area contributed by atoms with Gasteiger partial charge >= 0.3 is 0 Å². The van der Waals surface area contributed by atoms with Crippen molar-refractivity contribution >= 4 is 18.3 Å². The van der Waals surface area contributed by atoms with Gasteiger partial charge in [-0.15, -0.1) is 0 Å². The van der Waals surface area contributed by atoms with Gasteiger partial charge < -0.3 is 4.39 Å². The van der Waals surface area contributed by atoms with Crippen LogP contribution >= 0.6 is 0 Å². The largest absolute Gasteiger partial charge is 0.552 e. The van der Waals surface area contributed by atoms with Crippen LogP contribution in [-0.2, 0) is 10.0 Å². The van der Waals surface area contributed by atoms with Crippen molar-refractivity contribution in [2.45, 2.75) is 39.4 Å². The van der Waals surface area contributed by atoms with Crippen LogP contribution in [0, 0.1) is 0 Å². The smallest absolute Gasteiger partial charge is 0.0709 e. The minimum atomic E-state index is -3.11. The lowest BCUT2D eigenvalue weighted by Crippen LogP contribution is -2.24. The molecule has 0 fully saturated rings. The van der Waals surface area contributed by atoms with E-state index in [2.05, 4.69) is 4.39 Å². The van der Waals surface area contributed by atoms with E-state index in [1.54, 1.807) is 0 Å². The summed E-state index contributed by atoms with van der Waals surface area (Å²) in [4.78, 5) is 0. The maximum Gasteiger partial charge on any atom is 0.0709 e. The van der Waals surface area contributed by atoms with E-state index in [0.29, 0.717) is 0 Å². The fourth-order valence-corrected chi connectivity index (χ4v) is 5.15. The van der Waals surface area contributed by atoms with E-state index >= 15 is 0 Å². The normalized spacial score (nSPS) is 13.3. The molecule has 0 spiro atoms. The van der Waals surface area contributed by atoms with Gasteiger partial charge in [-0.3, -0.25) is 0 Å². The van der Waals surface area contributed by atoms with Gasteiger partial charge in [0.15, 0.2) is 0 Å². The highest BCUT2D eigenvalue weighted by molar-refractivity contribution is 7.96. The Hall–Kier alpha value is 0.127. The Bertz CT molecular complexity index is 218. The third-order valence-electron chi connectivity index (χ3n) is 1.17. The molecule has 0 amide bonds. The number of nitrogens with zero attached hydrogens (tertiary/aromatic N) is 1. The lowest BCUT2D eigenvalue weighted by molar-refractivity contribution is 0.600. The monoisotopic (exact) mass is 208 g/mol. The van der Waals surface area contributed by atoms with Crippen LogP contribution in [0.4, 0.5) is 0 Å². The first-order valence-corrected chi connectivity index (χ1v) is 9.29. The Kier molecular flexibility index (Phi) is 4.43. The SMILES string of the molecule is CCCCS(=O)(=O)[N-][Si](C)(C)C.